The van der Waals surface area contributed by atoms with Gasteiger partial charge in [0.2, 0.25) is 6.67 Å². The summed E-state index contributed by atoms with van der Waals surface area (Å²) in [6, 6.07) is 4.66. The van der Waals surface area contributed by atoms with E-state index in [0.29, 0.717) is 25.0 Å². The first kappa shape index (κ1) is 23.3. The number of hydrogen-bond acceptors (Lipinski definition) is 5. The molecule has 0 saturated carbocycles. The summed E-state index contributed by atoms with van der Waals surface area (Å²) in [5.74, 6) is -1.46. The van der Waals surface area contributed by atoms with Crippen molar-refractivity contribution in [2.24, 2.45) is 10.7 Å². The molecule has 1 rings (SSSR count). The second kappa shape index (κ2) is 11.2. The molecule has 4 N–H and O–H groups in total. The Morgan fingerprint density at radius 1 is 1.43 bits per heavy atom. The SMILES string of the molecule is CC/C(C=N[C@@H](CCC[N+](=N)CN)C(=O)O)=C\c1ccccc1OC(F)(F)F. The van der Waals surface area contributed by atoms with E-state index in [2.05, 4.69) is 9.73 Å². The molecule has 10 heteroatoms. The zero-order chi connectivity index (χ0) is 21.2. The number of halogens is 3. The molecule has 0 unspecified atom stereocenters. The second-order valence-corrected chi connectivity index (χ2v) is 5.88. The number of para-hydroxylation sites is 1. The number of hydrogen-bond donors (Lipinski definition) is 3. The Labute approximate surface area is 160 Å². The van der Waals surface area contributed by atoms with Gasteiger partial charge < -0.3 is 9.84 Å². The van der Waals surface area contributed by atoms with Crippen LogP contribution in [-0.2, 0) is 4.79 Å². The topological polar surface area (TPSA) is 112 Å². The number of carboxylic acid groups (broad SMARTS) is 1. The number of nitrogens with two attached hydrogens (primary N) is 1. The smallest absolute Gasteiger partial charge is 0.480 e. The molecule has 0 saturated heterocycles. The van der Waals surface area contributed by atoms with Gasteiger partial charge in [-0.05, 0) is 30.6 Å². The maximum atomic E-state index is 12.5. The molecule has 0 spiro atoms. The Kier molecular flexibility index (Phi) is 9.29. The number of aliphatic imine (C=N–C) groups is 1. The number of allylic oxidation sites excluding steroid dienone is 1. The first-order chi connectivity index (χ1) is 13.2. The molecule has 0 heterocycles. The van der Waals surface area contributed by atoms with E-state index in [1.807, 2.05) is 0 Å². The molecular weight excluding hydrogens is 377 g/mol. The summed E-state index contributed by atoms with van der Waals surface area (Å²) in [6.45, 7) is 2.14. The zero-order valence-corrected chi connectivity index (χ0v) is 15.4. The van der Waals surface area contributed by atoms with E-state index in [9.17, 15) is 23.1 Å². The number of nitrogens with one attached hydrogen (secondary N) is 1. The van der Waals surface area contributed by atoms with Crippen LogP contribution in [0.2, 0.25) is 0 Å². The lowest BCUT2D eigenvalue weighted by molar-refractivity contribution is -0.614. The maximum absolute atomic E-state index is 12.5. The molecule has 28 heavy (non-hydrogen) atoms. The number of carbonyl (C=O) groups is 1. The Balaban J connectivity index is 2.94. The third kappa shape index (κ3) is 8.76. The largest absolute Gasteiger partial charge is 0.573 e. The number of aliphatic carboxylic acids is 1. The van der Waals surface area contributed by atoms with E-state index in [-0.39, 0.29) is 24.4 Å². The number of carboxylic acids is 1. The van der Waals surface area contributed by atoms with Gasteiger partial charge in [0, 0.05) is 18.2 Å². The number of ether oxygens (including phenoxy) is 1. The van der Waals surface area contributed by atoms with Gasteiger partial charge in [-0.3, -0.25) is 10.7 Å². The Morgan fingerprint density at radius 2 is 2.11 bits per heavy atom. The molecule has 0 aliphatic rings. The average molecular weight is 401 g/mol. The van der Waals surface area contributed by atoms with E-state index in [0.717, 1.165) is 4.70 Å². The van der Waals surface area contributed by atoms with Crippen LogP contribution in [0.25, 0.3) is 6.08 Å². The van der Waals surface area contributed by atoms with Crippen molar-refractivity contribution in [2.75, 3.05) is 13.2 Å². The van der Waals surface area contributed by atoms with Gasteiger partial charge in [0.05, 0.1) is 0 Å². The first-order valence-electron chi connectivity index (χ1n) is 8.63. The molecule has 0 aliphatic carbocycles. The Hall–Kier alpha value is -2.75. The van der Waals surface area contributed by atoms with Gasteiger partial charge in [-0.1, -0.05) is 30.7 Å². The van der Waals surface area contributed by atoms with Crippen LogP contribution in [0, 0.1) is 5.53 Å². The van der Waals surface area contributed by atoms with Crippen LogP contribution in [0.3, 0.4) is 0 Å². The van der Waals surface area contributed by atoms with Crippen LogP contribution in [0.4, 0.5) is 13.2 Å². The predicted molar refractivity (Wildman–Crippen MR) is 97.4 cm³/mol. The summed E-state index contributed by atoms with van der Waals surface area (Å²) in [5.41, 5.74) is 13.5. The minimum atomic E-state index is -4.81. The molecule has 1 aromatic rings. The fraction of sp³-hybridized carbons (Fsp3) is 0.444. The first-order valence-corrected chi connectivity index (χ1v) is 8.63. The number of alkyl halides is 3. The van der Waals surface area contributed by atoms with Crippen molar-refractivity contribution in [1.82, 2.24) is 0 Å². The highest BCUT2D eigenvalue weighted by molar-refractivity contribution is 5.88. The highest BCUT2D eigenvalue weighted by atomic mass is 19.4. The van der Waals surface area contributed by atoms with E-state index in [1.54, 1.807) is 13.0 Å². The van der Waals surface area contributed by atoms with Crippen LogP contribution in [0.15, 0.2) is 34.8 Å². The lowest BCUT2D eigenvalue weighted by Crippen LogP contribution is -2.22. The minimum absolute atomic E-state index is 0.0448. The summed E-state index contributed by atoms with van der Waals surface area (Å²) in [6.07, 6.45) is -0.916. The van der Waals surface area contributed by atoms with Crippen molar-refractivity contribution in [3.8, 4) is 5.75 Å². The van der Waals surface area contributed by atoms with Crippen LogP contribution >= 0.6 is 0 Å². The van der Waals surface area contributed by atoms with Crippen LogP contribution in [-0.4, -0.2) is 47.6 Å². The quantitative estimate of drug-likeness (QED) is 0.227. The molecule has 154 valence electrons. The van der Waals surface area contributed by atoms with Crippen molar-refractivity contribution >= 4 is 18.3 Å². The molecule has 1 aromatic carbocycles. The van der Waals surface area contributed by atoms with Crippen molar-refractivity contribution in [3.63, 3.8) is 0 Å². The third-order valence-electron chi connectivity index (χ3n) is 3.73. The van der Waals surface area contributed by atoms with Gasteiger partial charge in [-0.15, -0.1) is 17.9 Å². The monoisotopic (exact) mass is 401 g/mol. The van der Waals surface area contributed by atoms with Crippen molar-refractivity contribution in [3.05, 3.63) is 35.4 Å². The summed E-state index contributed by atoms with van der Waals surface area (Å²) in [4.78, 5) is 15.4. The highest BCUT2D eigenvalue weighted by Gasteiger charge is 2.31. The van der Waals surface area contributed by atoms with Gasteiger partial charge in [-0.2, -0.15) is 0 Å². The molecule has 7 nitrogen and oxygen atoms in total. The van der Waals surface area contributed by atoms with Crippen molar-refractivity contribution < 1.29 is 32.5 Å². The fourth-order valence-corrected chi connectivity index (χ4v) is 2.26. The van der Waals surface area contributed by atoms with E-state index in [4.69, 9.17) is 11.3 Å². The van der Waals surface area contributed by atoms with Crippen LogP contribution in [0.1, 0.15) is 31.7 Å². The van der Waals surface area contributed by atoms with Crippen LogP contribution in [0.5, 0.6) is 5.75 Å². The maximum Gasteiger partial charge on any atom is 0.573 e. The predicted octanol–water partition coefficient (Wildman–Crippen LogP) is 3.64. The molecule has 0 fully saturated rings. The fourth-order valence-electron chi connectivity index (χ4n) is 2.26. The lowest BCUT2D eigenvalue weighted by atomic mass is 10.1. The summed E-state index contributed by atoms with van der Waals surface area (Å²) < 4.78 is 42.7. The van der Waals surface area contributed by atoms with Crippen LogP contribution < -0.4 is 10.5 Å². The highest BCUT2D eigenvalue weighted by Crippen LogP contribution is 2.28. The van der Waals surface area contributed by atoms with E-state index < -0.39 is 18.4 Å². The summed E-state index contributed by atoms with van der Waals surface area (Å²) >= 11 is 0. The van der Waals surface area contributed by atoms with E-state index >= 15 is 0 Å². The van der Waals surface area contributed by atoms with Crippen molar-refractivity contribution in [2.45, 2.75) is 38.6 Å². The number of rotatable bonds is 11. The normalized spacial score (nSPS) is 13.5. The Bertz CT molecular complexity index is 733. The molecule has 0 radical (unpaired) electrons. The Morgan fingerprint density at radius 3 is 2.68 bits per heavy atom. The molecule has 0 aromatic heterocycles. The van der Waals surface area contributed by atoms with Gasteiger partial charge in [0.1, 0.15) is 11.8 Å². The van der Waals surface area contributed by atoms with E-state index in [1.165, 1.54) is 30.5 Å². The van der Waals surface area contributed by atoms with Gasteiger partial charge >= 0.3 is 12.3 Å². The standard InChI is InChI=1S/C18H23F3N4O3/c1-2-13(10-14-6-3-4-8-16(14)28-18(19,20)21)11-24-15(17(26)27)7-5-9-25(23)12-22/h3-4,6,8,10-11,15,23H,2,5,7,9,12,22H2,1H3/p+1/b13-10+,24-11?,25-23?/t15-/m0/s1. The molecule has 0 aliphatic heterocycles. The van der Waals surface area contributed by atoms with Gasteiger partial charge in [0.25, 0.3) is 0 Å². The average Bonchev–Trinajstić information content (AvgIpc) is 2.62. The lowest BCUT2D eigenvalue weighted by Gasteiger charge is -2.12. The molecule has 1 atom stereocenters. The van der Waals surface area contributed by atoms with Gasteiger partial charge in [-0.25, -0.2) is 4.79 Å². The second-order valence-electron chi connectivity index (χ2n) is 5.88. The molecule has 0 amide bonds. The number of nitrogens with zero attached hydrogens (tertiary/aromatic N) is 2. The summed E-state index contributed by atoms with van der Waals surface area (Å²) in [5, 5.41) is 9.28. The molecule has 0 bridgehead atoms. The molecular formula is C18H24F3N4O3+. The minimum Gasteiger partial charge on any atom is -0.480 e. The number of benzene rings is 1. The van der Waals surface area contributed by atoms with Crippen molar-refractivity contribution in [1.29, 1.82) is 5.53 Å². The third-order valence-corrected chi connectivity index (χ3v) is 3.73. The zero-order valence-electron chi connectivity index (χ0n) is 15.4. The van der Waals surface area contributed by atoms with Gasteiger partial charge in [0.15, 0.2) is 6.54 Å². The summed E-state index contributed by atoms with van der Waals surface area (Å²) in [7, 11) is 0.